The Hall–Kier alpha value is -11.4. The smallest absolute Gasteiger partial charge is 0.225 e. The number of ether oxygens (including phenoxy) is 6. The highest BCUT2D eigenvalue weighted by atomic mass is 32.1. The van der Waals surface area contributed by atoms with Gasteiger partial charge in [-0.2, -0.15) is 0 Å². The monoisotopic (exact) mass is 2080 g/mol. The second kappa shape index (κ2) is 56.5. The number of anilines is 8. The van der Waals surface area contributed by atoms with Crippen molar-refractivity contribution in [2.24, 2.45) is 10.8 Å². The summed E-state index contributed by atoms with van der Waals surface area (Å²) in [6.07, 6.45) is 4.65. The van der Waals surface area contributed by atoms with Crippen LogP contribution in [0.15, 0.2) is 195 Å². The van der Waals surface area contributed by atoms with E-state index in [0.29, 0.717) is 28.5 Å². The number of aryl methyl sites for hydroxylation is 2. The summed E-state index contributed by atoms with van der Waals surface area (Å²) < 4.78 is 57.1. The molecule has 0 aliphatic carbocycles. The molecule has 792 valence electrons. The third kappa shape index (κ3) is 50.0. The molecule has 0 radical (unpaired) electrons. The Morgan fingerprint density at radius 2 is 0.910 bits per heavy atom. The number of rotatable bonds is 21. The predicted octanol–water partition coefficient (Wildman–Crippen LogP) is 33.0. The SMILES string of the molecule is CC(C)(C)C.CC(C)(C)Nc1ccc(N2CCCCC2)c(F)c1.CC(C)Nc1nc2ccccc2s1.CCOC(C)(C)C.COc1ccc(-c2cc(NC(C)(C)C)no2)cc1.COc1ccc(-c2cc(NC(C)(C)C)on2)cc1.COc1ccc(-c2csc(NC(C)(C)C)n2)cc1OC.COc1ccc(-c2nnc(NC(C)(C)C)s2)cc1.Cc1ccc(-c2csc(CC(C)(C)C)n2)cc1.Cc1csc(NC(C)(C)C)n1. The highest BCUT2D eigenvalue weighted by Gasteiger charge is 2.23. The van der Waals surface area contributed by atoms with Gasteiger partial charge in [-0.15, -0.1) is 44.2 Å². The predicted molar refractivity (Wildman–Crippen MR) is 619 cm³/mol. The quantitative estimate of drug-likeness (QED) is 0.0352. The largest absolute Gasteiger partial charge is 0.497 e. The van der Waals surface area contributed by atoms with Gasteiger partial charge in [-0.05, 0) is 331 Å². The van der Waals surface area contributed by atoms with Crippen molar-refractivity contribution >= 4 is 111 Å². The van der Waals surface area contributed by atoms with Gasteiger partial charge in [0.2, 0.25) is 11.0 Å². The number of aromatic nitrogens is 8. The number of fused-ring (bicyclic) bond motifs is 1. The fourth-order valence-electron chi connectivity index (χ4n) is 12.9. The van der Waals surface area contributed by atoms with E-state index in [0.717, 1.165) is 148 Å². The van der Waals surface area contributed by atoms with Gasteiger partial charge in [0.05, 0.1) is 79.1 Å². The first-order valence-corrected chi connectivity index (χ1v) is 53.6. The lowest BCUT2D eigenvalue weighted by Crippen LogP contribution is -2.30. The zero-order chi connectivity index (χ0) is 108. The highest BCUT2D eigenvalue weighted by molar-refractivity contribution is 7.22. The van der Waals surface area contributed by atoms with Crippen molar-refractivity contribution in [3.05, 3.63) is 208 Å². The minimum absolute atomic E-state index is 0.00326. The Morgan fingerprint density at radius 1 is 0.421 bits per heavy atom. The Labute approximate surface area is 886 Å². The molecule has 7 N–H and O–H groups in total. The van der Waals surface area contributed by atoms with Crippen LogP contribution in [-0.4, -0.2) is 141 Å². The maximum Gasteiger partial charge on any atom is 0.225 e. The molecule has 7 aromatic carbocycles. The molecule has 24 nitrogen and oxygen atoms in total. The molecule has 0 bridgehead atoms. The zero-order valence-corrected chi connectivity index (χ0v) is 97.7. The number of nitrogens with zero attached hydrogens (tertiary/aromatic N) is 9. The molecular weight excluding hydrogens is 1910 g/mol. The number of hydrogen-bond donors (Lipinski definition) is 7. The summed E-state index contributed by atoms with van der Waals surface area (Å²) in [5.74, 6) is 5.97. The summed E-state index contributed by atoms with van der Waals surface area (Å²) in [6.45, 7) is 72.5. The first kappa shape index (κ1) is 122. The van der Waals surface area contributed by atoms with E-state index in [-0.39, 0.29) is 44.7 Å². The summed E-state index contributed by atoms with van der Waals surface area (Å²) in [6, 6.07) is 55.5. The van der Waals surface area contributed by atoms with E-state index in [1.807, 2.05) is 158 Å². The van der Waals surface area contributed by atoms with E-state index in [9.17, 15) is 4.39 Å². The van der Waals surface area contributed by atoms with Gasteiger partial charge in [-0.3, -0.25) is 0 Å². The fraction of sp³-hybridized carbons (Fsp3) is 0.478. The number of benzene rings is 7. The molecule has 0 atom stereocenters. The van der Waals surface area contributed by atoms with Gasteiger partial charge < -0.3 is 79.6 Å². The van der Waals surface area contributed by atoms with Gasteiger partial charge >= 0.3 is 0 Å². The van der Waals surface area contributed by atoms with Crippen LogP contribution in [0.5, 0.6) is 28.7 Å². The third-order valence-electron chi connectivity index (χ3n) is 18.8. The highest BCUT2D eigenvalue weighted by Crippen LogP contribution is 2.38. The number of hydrogen-bond acceptors (Lipinski definition) is 29. The van der Waals surface area contributed by atoms with Crippen LogP contribution in [0.4, 0.5) is 48.0 Å². The second-order valence-electron chi connectivity index (χ2n) is 45.2. The number of para-hydroxylation sites is 1. The number of nitrogens with one attached hydrogen (secondary N) is 7. The third-order valence-corrected chi connectivity index (χ3v) is 23.2. The van der Waals surface area contributed by atoms with Crippen molar-refractivity contribution in [2.75, 3.05) is 97.4 Å². The summed E-state index contributed by atoms with van der Waals surface area (Å²) in [7, 11) is 8.22. The molecule has 0 unspecified atom stereocenters. The first-order valence-electron chi connectivity index (χ1n) is 49.4. The minimum atomic E-state index is -0.119. The van der Waals surface area contributed by atoms with Gasteiger partial charge in [-0.25, -0.2) is 24.3 Å². The van der Waals surface area contributed by atoms with Crippen LogP contribution >= 0.6 is 56.7 Å². The van der Waals surface area contributed by atoms with Crippen LogP contribution in [0.1, 0.15) is 250 Å². The molecule has 0 saturated carbocycles. The average molecular weight is 2080 g/mol. The van der Waals surface area contributed by atoms with Gasteiger partial charge in [0.25, 0.3) is 0 Å². The second-order valence-corrected chi connectivity index (χ2v) is 49.8. The molecule has 14 aromatic rings. The number of thiazole rings is 4. The molecule has 0 amide bonds. The fourth-order valence-corrected chi connectivity index (χ4v) is 17.8. The topological polar surface area (TPSA) is 272 Å². The van der Waals surface area contributed by atoms with Gasteiger partial charge in [0, 0.05) is 127 Å². The van der Waals surface area contributed by atoms with Gasteiger partial charge in [0.1, 0.15) is 33.8 Å². The van der Waals surface area contributed by atoms with Crippen LogP contribution in [0.25, 0.3) is 65.9 Å². The van der Waals surface area contributed by atoms with Crippen LogP contribution in [0.3, 0.4) is 0 Å². The number of halogens is 1. The van der Waals surface area contributed by atoms with Crippen LogP contribution in [0.2, 0.25) is 0 Å². The molecule has 1 aliphatic heterocycles. The first-order chi connectivity index (χ1) is 67.5. The van der Waals surface area contributed by atoms with Crippen molar-refractivity contribution in [1.29, 1.82) is 0 Å². The van der Waals surface area contributed by atoms with Crippen molar-refractivity contribution in [3.63, 3.8) is 0 Å². The minimum Gasteiger partial charge on any atom is -0.497 e. The molecule has 1 fully saturated rings. The maximum atomic E-state index is 14.1. The zero-order valence-electron chi connectivity index (χ0n) is 93.6. The molecule has 15 rings (SSSR count). The molecule has 8 heterocycles. The Balaban J connectivity index is 0.000000250. The Bertz CT molecular complexity index is 5760. The van der Waals surface area contributed by atoms with Crippen molar-refractivity contribution in [1.82, 2.24) is 40.4 Å². The van der Waals surface area contributed by atoms with Crippen molar-refractivity contribution in [2.45, 2.75) is 299 Å². The lowest BCUT2D eigenvalue weighted by atomic mass is 9.93. The van der Waals surface area contributed by atoms with Crippen molar-refractivity contribution < 1.29 is 41.9 Å². The van der Waals surface area contributed by atoms with Gasteiger partial charge in [-0.1, -0.05) is 123 Å². The average Bonchev–Trinajstić information content (AvgIpc) is 1.47. The molecule has 1 saturated heterocycles. The van der Waals surface area contributed by atoms with Crippen LogP contribution < -0.4 is 65.8 Å². The standard InChI is InChI=1S/C15H23FN2.C15H20N2O2S.C15H19NS.2C14H18N2O2.C13H17N3OS.C10H12N2S.C8H14N2S.C6H14O.C5H12/c1-15(2,3)17-12-7-8-14(13(16)11-12)18-9-5-4-6-10-18;1-15(2,3)17-14-16-11(9-20-14)10-6-7-12(18-4)13(8-10)19-5;1-11-5-7-12(8-6-11)13-10-17-14(16-13)9-15(2,3)4;1-14(2,3)15-13-9-12(18-16-13)10-5-7-11(17-4)8-6-10;1-14(2,3)15-13-9-12(16-18-13)10-5-7-11(17-4)8-6-10;1-13(2,3)14-12-16-15-11(18-12)9-5-7-10(17-4)8-6-9;1-7(2)11-10-12-8-5-3-4-6-9(8)13-10;1-6-5-11-7(9-6)10-8(2,3)4;1-5-7-6(2,3)4;1-5(2,3)4/h7-8,11,17H,4-6,9-10H2,1-3H3;6-9H,1-5H3,(H,16,17);5-8,10H,9H2,1-4H3;5-9H,1-4H3,(H,15,16);5-9,15H,1-4H3;5-8H,1-4H3,(H,14,16);3-7H,1-2H3,(H,11,12);5H,1-4H3,(H,9,10);5H2,1-4H3;1-4H3. The molecule has 0 spiro atoms. The van der Waals surface area contributed by atoms with Gasteiger partial charge in [0.15, 0.2) is 38.5 Å². The van der Waals surface area contributed by atoms with E-state index in [1.54, 1.807) is 98.3 Å². The summed E-state index contributed by atoms with van der Waals surface area (Å²) in [5.41, 5.74) is 14.0. The molecule has 7 aromatic heterocycles. The van der Waals surface area contributed by atoms with Crippen molar-refractivity contribution in [3.8, 4) is 84.4 Å². The summed E-state index contributed by atoms with van der Waals surface area (Å²) in [4.78, 5) is 20.2. The van der Waals surface area contributed by atoms with Crippen LogP contribution in [0, 0.1) is 30.5 Å². The Morgan fingerprint density at radius 3 is 1.39 bits per heavy atom. The summed E-state index contributed by atoms with van der Waals surface area (Å²) >= 11 is 8.27. The van der Waals surface area contributed by atoms with E-state index in [1.165, 1.54) is 40.1 Å². The van der Waals surface area contributed by atoms with Crippen LogP contribution in [-0.2, 0) is 11.2 Å². The summed E-state index contributed by atoms with van der Waals surface area (Å²) in [5, 5.41) is 51.6. The number of methoxy groups -OCH3 is 5. The van der Waals surface area contributed by atoms with E-state index in [2.05, 4.69) is 328 Å². The lowest BCUT2D eigenvalue weighted by Gasteiger charge is -2.29. The molecule has 145 heavy (non-hydrogen) atoms. The van der Waals surface area contributed by atoms with E-state index >= 15 is 0 Å². The molecule has 1 aliphatic rings. The normalized spacial score (nSPS) is 12.1. The van der Waals surface area contributed by atoms with E-state index in [4.69, 9.17) is 42.5 Å². The number of piperidine rings is 1. The molecular formula is C115H167FN16O8S5. The lowest BCUT2D eigenvalue weighted by molar-refractivity contribution is 0.00530. The van der Waals surface area contributed by atoms with E-state index < -0.39 is 0 Å². The molecule has 30 heteroatoms. The maximum absolute atomic E-state index is 14.1. The Kier molecular flexibility index (Phi) is 47.6.